The number of nitrogens with one attached hydrogen (secondary N) is 1. The first-order valence-electron chi connectivity index (χ1n) is 4.14. The summed E-state index contributed by atoms with van der Waals surface area (Å²) in [4.78, 5) is 15.3. The highest BCUT2D eigenvalue weighted by Crippen LogP contribution is 2.09. The van der Waals surface area contributed by atoms with Crippen molar-refractivity contribution >= 4 is 27.9 Å². The van der Waals surface area contributed by atoms with Crippen molar-refractivity contribution in [2.24, 2.45) is 0 Å². The molecular formula is C10H8BrN3O. The minimum atomic E-state index is -0.417. The highest BCUT2D eigenvalue weighted by molar-refractivity contribution is 9.10. The summed E-state index contributed by atoms with van der Waals surface area (Å²) >= 11 is 3.20. The molecule has 0 saturated carbocycles. The van der Waals surface area contributed by atoms with Gasteiger partial charge < -0.3 is 5.32 Å². The van der Waals surface area contributed by atoms with E-state index < -0.39 is 5.91 Å². The second-order valence-corrected chi connectivity index (χ2v) is 3.45. The van der Waals surface area contributed by atoms with Crippen LogP contribution in [-0.2, 0) is 4.79 Å². The first-order valence-corrected chi connectivity index (χ1v) is 4.93. The van der Waals surface area contributed by atoms with E-state index >= 15 is 0 Å². The summed E-state index contributed by atoms with van der Waals surface area (Å²) in [5, 5.41) is 11.1. The molecular weight excluding hydrogens is 258 g/mol. The summed E-state index contributed by atoms with van der Waals surface area (Å²) in [7, 11) is 1.47. The van der Waals surface area contributed by atoms with Gasteiger partial charge in [-0.1, -0.05) is 6.07 Å². The van der Waals surface area contributed by atoms with Crippen molar-refractivity contribution in [1.29, 1.82) is 5.26 Å². The number of nitriles is 1. The molecule has 0 saturated heterocycles. The maximum absolute atomic E-state index is 11.2. The van der Waals surface area contributed by atoms with Crippen molar-refractivity contribution in [2.45, 2.75) is 0 Å². The van der Waals surface area contributed by atoms with Crippen LogP contribution in [0.5, 0.6) is 0 Å². The lowest BCUT2D eigenvalue weighted by Gasteiger charge is -1.97. The van der Waals surface area contributed by atoms with Crippen LogP contribution in [0.15, 0.2) is 28.4 Å². The van der Waals surface area contributed by atoms with Crippen LogP contribution in [0.4, 0.5) is 0 Å². The number of carbonyl (C=O) groups is 1. The second-order valence-electron chi connectivity index (χ2n) is 2.63. The summed E-state index contributed by atoms with van der Waals surface area (Å²) < 4.78 is 0.658. The molecule has 15 heavy (non-hydrogen) atoms. The largest absolute Gasteiger partial charge is 0.354 e. The van der Waals surface area contributed by atoms with E-state index in [0.717, 1.165) is 0 Å². The Labute approximate surface area is 95.8 Å². The number of hydrogen-bond acceptors (Lipinski definition) is 3. The molecule has 0 radical (unpaired) electrons. The van der Waals surface area contributed by atoms with Crippen LogP contribution < -0.4 is 5.32 Å². The van der Waals surface area contributed by atoms with Gasteiger partial charge in [-0.05, 0) is 34.1 Å². The summed E-state index contributed by atoms with van der Waals surface area (Å²) in [6, 6.07) is 7.07. The Bertz CT molecular complexity index is 448. The zero-order valence-corrected chi connectivity index (χ0v) is 9.58. The van der Waals surface area contributed by atoms with Crippen LogP contribution in [0.1, 0.15) is 5.69 Å². The number of halogens is 1. The number of rotatable bonds is 2. The van der Waals surface area contributed by atoms with E-state index in [4.69, 9.17) is 5.26 Å². The van der Waals surface area contributed by atoms with Crippen LogP contribution in [0, 0.1) is 11.3 Å². The summed E-state index contributed by atoms with van der Waals surface area (Å²) in [6.45, 7) is 0. The number of pyridine rings is 1. The fourth-order valence-electron chi connectivity index (χ4n) is 0.936. The molecule has 0 aromatic carbocycles. The maximum atomic E-state index is 11.2. The average molecular weight is 266 g/mol. The Balaban J connectivity index is 3.05. The maximum Gasteiger partial charge on any atom is 0.261 e. The number of likely N-dealkylation sites (N-methyl/N-ethyl adjacent to an activating group) is 1. The third kappa shape index (κ3) is 3.18. The van der Waals surface area contributed by atoms with E-state index in [1.807, 2.05) is 6.07 Å². The molecule has 0 bridgehead atoms. The number of hydrogen-bond donors (Lipinski definition) is 1. The van der Waals surface area contributed by atoms with Gasteiger partial charge in [0.05, 0.1) is 5.69 Å². The third-order valence-electron chi connectivity index (χ3n) is 1.62. The van der Waals surface area contributed by atoms with Crippen LogP contribution >= 0.6 is 15.9 Å². The lowest BCUT2D eigenvalue weighted by Crippen LogP contribution is -2.19. The van der Waals surface area contributed by atoms with E-state index in [1.165, 1.54) is 13.1 Å². The normalized spacial score (nSPS) is 10.6. The van der Waals surface area contributed by atoms with E-state index in [-0.39, 0.29) is 5.57 Å². The Kier molecular flexibility index (Phi) is 4.01. The SMILES string of the molecule is CNC(=O)/C(C#N)=C/c1cccc(Br)n1. The summed E-state index contributed by atoms with van der Waals surface area (Å²) in [5.41, 5.74) is 0.590. The molecule has 1 aromatic rings. The average Bonchev–Trinajstić information content (AvgIpc) is 2.25. The van der Waals surface area contributed by atoms with Gasteiger partial charge in [-0.25, -0.2) is 4.98 Å². The minimum absolute atomic E-state index is 0.0306. The van der Waals surface area contributed by atoms with Crippen molar-refractivity contribution < 1.29 is 4.79 Å². The molecule has 0 aliphatic rings. The van der Waals surface area contributed by atoms with Gasteiger partial charge in [0.2, 0.25) is 0 Å². The van der Waals surface area contributed by atoms with Crippen molar-refractivity contribution in [1.82, 2.24) is 10.3 Å². The van der Waals surface area contributed by atoms with Crippen LogP contribution in [0.25, 0.3) is 6.08 Å². The monoisotopic (exact) mass is 265 g/mol. The van der Waals surface area contributed by atoms with Gasteiger partial charge in [-0.3, -0.25) is 4.79 Å². The first-order chi connectivity index (χ1) is 7.17. The van der Waals surface area contributed by atoms with Crippen LogP contribution in [0.2, 0.25) is 0 Å². The van der Waals surface area contributed by atoms with E-state index in [1.54, 1.807) is 18.2 Å². The molecule has 0 atom stereocenters. The molecule has 1 heterocycles. The summed E-state index contributed by atoms with van der Waals surface area (Å²) in [6.07, 6.45) is 1.43. The van der Waals surface area contributed by atoms with Gasteiger partial charge in [-0.15, -0.1) is 0 Å². The Hall–Kier alpha value is -1.67. The molecule has 1 amide bonds. The topological polar surface area (TPSA) is 65.8 Å². The zero-order valence-electron chi connectivity index (χ0n) is 7.99. The van der Waals surface area contributed by atoms with Gasteiger partial charge in [0.1, 0.15) is 16.2 Å². The fourth-order valence-corrected chi connectivity index (χ4v) is 1.29. The van der Waals surface area contributed by atoms with Crippen molar-refractivity contribution in [2.75, 3.05) is 7.05 Å². The molecule has 0 aliphatic heterocycles. The summed E-state index contributed by atoms with van der Waals surface area (Å²) in [5.74, 6) is -0.417. The number of amides is 1. The molecule has 0 aliphatic carbocycles. The number of carbonyl (C=O) groups excluding carboxylic acids is 1. The highest BCUT2D eigenvalue weighted by Gasteiger charge is 2.06. The van der Waals surface area contributed by atoms with Gasteiger partial charge in [-0.2, -0.15) is 5.26 Å². The fraction of sp³-hybridized carbons (Fsp3) is 0.100. The second kappa shape index (κ2) is 5.27. The molecule has 0 spiro atoms. The van der Waals surface area contributed by atoms with Crippen molar-refractivity contribution in [3.05, 3.63) is 34.1 Å². The lowest BCUT2D eigenvalue weighted by atomic mass is 10.2. The predicted octanol–water partition coefficient (Wildman–Crippen LogP) is 1.50. The van der Waals surface area contributed by atoms with Crippen molar-refractivity contribution in [3.8, 4) is 6.07 Å². The van der Waals surface area contributed by atoms with Gasteiger partial charge >= 0.3 is 0 Å². The van der Waals surface area contributed by atoms with E-state index in [2.05, 4.69) is 26.2 Å². The Morgan fingerprint density at radius 3 is 2.93 bits per heavy atom. The molecule has 5 heteroatoms. The van der Waals surface area contributed by atoms with Gasteiger partial charge in [0.25, 0.3) is 5.91 Å². The molecule has 1 rings (SSSR count). The Morgan fingerprint density at radius 1 is 1.67 bits per heavy atom. The molecule has 1 aromatic heterocycles. The van der Waals surface area contributed by atoms with E-state index in [0.29, 0.717) is 10.3 Å². The van der Waals surface area contributed by atoms with Crippen LogP contribution in [-0.4, -0.2) is 17.9 Å². The number of nitrogens with zero attached hydrogens (tertiary/aromatic N) is 2. The quantitative estimate of drug-likeness (QED) is 0.501. The molecule has 1 N–H and O–H groups in total. The predicted molar refractivity (Wildman–Crippen MR) is 59.6 cm³/mol. The van der Waals surface area contributed by atoms with Crippen molar-refractivity contribution in [3.63, 3.8) is 0 Å². The molecule has 4 nitrogen and oxygen atoms in total. The van der Waals surface area contributed by atoms with E-state index in [9.17, 15) is 4.79 Å². The zero-order chi connectivity index (χ0) is 11.3. The molecule has 0 fully saturated rings. The molecule has 0 unspecified atom stereocenters. The number of aromatic nitrogens is 1. The smallest absolute Gasteiger partial charge is 0.261 e. The first kappa shape index (κ1) is 11.4. The standard InChI is InChI=1S/C10H8BrN3O/c1-13-10(15)7(6-12)5-8-3-2-4-9(11)14-8/h2-5H,1H3,(H,13,15)/b7-5+. The highest BCUT2D eigenvalue weighted by atomic mass is 79.9. The molecule has 76 valence electrons. The van der Waals surface area contributed by atoms with Crippen LogP contribution in [0.3, 0.4) is 0 Å². The lowest BCUT2D eigenvalue weighted by molar-refractivity contribution is -0.116. The Morgan fingerprint density at radius 2 is 2.40 bits per heavy atom. The third-order valence-corrected chi connectivity index (χ3v) is 2.06. The minimum Gasteiger partial charge on any atom is -0.354 e. The van der Waals surface area contributed by atoms with Gasteiger partial charge in [0.15, 0.2) is 0 Å². The van der Waals surface area contributed by atoms with Gasteiger partial charge in [0, 0.05) is 7.05 Å².